The Bertz CT molecular complexity index is 162. The number of carbonyl (C=O) groups is 1. The fraction of sp³-hybridized carbons (Fsp3) is 0.929. The molecule has 1 fully saturated rings. The van der Waals surface area contributed by atoms with Crippen molar-refractivity contribution in [1.82, 2.24) is 5.32 Å². The highest BCUT2D eigenvalue weighted by atomic mass is 16.6. The van der Waals surface area contributed by atoms with Crippen LogP contribution in [-0.2, 0) is 28.5 Å². The fourth-order valence-electron chi connectivity index (χ4n) is 1.40. The molecule has 8 nitrogen and oxygen atoms in total. The molecule has 0 radical (unpaired) electrons. The van der Waals surface area contributed by atoms with Crippen molar-refractivity contribution < 1.29 is 33.6 Å². The fourth-order valence-corrected chi connectivity index (χ4v) is 1.40. The van der Waals surface area contributed by atoms with Crippen LogP contribution in [0.2, 0.25) is 0 Å². The Kier molecular flexibility index (Phi) is 17.6. The van der Waals surface area contributed by atoms with Gasteiger partial charge in [0.1, 0.15) is 0 Å². The number of rotatable bonds is 0. The van der Waals surface area contributed by atoms with E-state index in [2.05, 4.69) is 5.32 Å². The van der Waals surface area contributed by atoms with Gasteiger partial charge in [-0.1, -0.05) is 0 Å². The quantitative estimate of drug-likeness (QED) is 0.631. The number of ether oxygens (including phenoxy) is 5. The molecule has 0 bridgehead atoms. The Balaban J connectivity index is 0.000000980. The highest BCUT2D eigenvalue weighted by molar-refractivity contribution is 5.62. The first-order valence-corrected chi connectivity index (χ1v) is 7.52. The molecule has 1 aliphatic heterocycles. The Labute approximate surface area is 132 Å². The average Bonchev–Trinajstić information content (AvgIpc) is 2.47. The molecule has 0 spiro atoms. The predicted octanol–water partition coefficient (Wildman–Crippen LogP) is -0.236. The van der Waals surface area contributed by atoms with E-state index >= 15 is 0 Å². The molecule has 8 heteroatoms. The SMILES string of the molecule is C1COCCOCCOCCOCCOCCN1.CC(=O)O. The molecule has 0 saturated carbocycles. The van der Waals surface area contributed by atoms with E-state index in [0.717, 1.165) is 20.0 Å². The van der Waals surface area contributed by atoms with Gasteiger partial charge in [-0.25, -0.2) is 0 Å². The summed E-state index contributed by atoms with van der Waals surface area (Å²) in [5.74, 6) is -0.833. The third-order valence-electron chi connectivity index (χ3n) is 2.33. The molecule has 0 amide bonds. The molecule has 0 aliphatic carbocycles. The summed E-state index contributed by atoms with van der Waals surface area (Å²) >= 11 is 0. The number of carboxylic acids is 1. The third kappa shape index (κ3) is 21.5. The average molecular weight is 323 g/mol. The first kappa shape index (κ1) is 21.2. The van der Waals surface area contributed by atoms with Crippen LogP contribution in [-0.4, -0.2) is 90.2 Å². The normalized spacial score (nSPS) is 20.8. The number of aliphatic carboxylic acids is 1. The molecule has 0 aromatic heterocycles. The first-order valence-electron chi connectivity index (χ1n) is 7.52. The number of hydrogen-bond donors (Lipinski definition) is 2. The van der Waals surface area contributed by atoms with Crippen LogP contribution in [0.4, 0.5) is 0 Å². The Morgan fingerprint density at radius 2 is 0.909 bits per heavy atom. The van der Waals surface area contributed by atoms with E-state index in [4.69, 9.17) is 33.6 Å². The minimum atomic E-state index is -0.833. The molecule has 2 N–H and O–H groups in total. The molecule has 0 aromatic carbocycles. The summed E-state index contributed by atoms with van der Waals surface area (Å²) in [6.45, 7) is 9.03. The van der Waals surface area contributed by atoms with Crippen LogP contribution in [0.25, 0.3) is 0 Å². The van der Waals surface area contributed by atoms with Crippen LogP contribution in [0.5, 0.6) is 0 Å². The second-order valence-electron chi connectivity index (χ2n) is 4.33. The maximum absolute atomic E-state index is 9.00. The maximum atomic E-state index is 9.00. The van der Waals surface area contributed by atoms with E-state index in [-0.39, 0.29) is 0 Å². The predicted molar refractivity (Wildman–Crippen MR) is 80.3 cm³/mol. The molecule has 1 rings (SSSR count). The first-order chi connectivity index (χ1) is 10.7. The van der Waals surface area contributed by atoms with E-state index in [1.54, 1.807) is 0 Å². The van der Waals surface area contributed by atoms with Crippen LogP contribution >= 0.6 is 0 Å². The molecule has 1 saturated heterocycles. The molecular formula is C14H29NO7. The molecule has 0 atom stereocenters. The van der Waals surface area contributed by atoms with E-state index in [1.165, 1.54) is 0 Å². The van der Waals surface area contributed by atoms with Gasteiger partial charge in [-0.05, 0) is 0 Å². The van der Waals surface area contributed by atoms with Gasteiger partial charge in [-0.15, -0.1) is 0 Å². The molecular weight excluding hydrogens is 294 g/mol. The van der Waals surface area contributed by atoms with Crippen LogP contribution in [0.3, 0.4) is 0 Å². The third-order valence-corrected chi connectivity index (χ3v) is 2.33. The minimum absolute atomic E-state index is 0.599. The van der Waals surface area contributed by atoms with Crippen molar-refractivity contribution in [3.63, 3.8) is 0 Å². The second-order valence-corrected chi connectivity index (χ2v) is 4.33. The van der Waals surface area contributed by atoms with Crippen LogP contribution < -0.4 is 5.32 Å². The zero-order chi connectivity index (χ0) is 16.3. The summed E-state index contributed by atoms with van der Waals surface area (Å²) in [5, 5.41) is 10.7. The van der Waals surface area contributed by atoms with Crippen molar-refractivity contribution in [2.45, 2.75) is 6.92 Å². The van der Waals surface area contributed by atoms with E-state index in [9.17, 15) is 0 Å². The topological polar surface area (TPSA) is 95.5 Å². The van der Waals surface area contributed by atoms with Crippen molar-refractivity contribution in [3.05, 3.63) is 0 Å². The number of hydrogen-bond acceptors (Lipinski definition) is 7. The maximum Gasteiger partial charge on any atom is 0.300 e. The summed E-state index contributed by atoms with van der Waals surface area (Å²) < 4.78 is 26.8. The highest BCUT2D eigenvalue weighted by Gasteiger charge is 1.95. The summed E-state index contributed by atoms with van der Waals surface area (Å²) in [4.78, 5) is 9.00. The van der Waals surface area contributed by atoms with Gasteiger partial charge in [0.2, 0.25) is 0 Å². The molecule has 0 aromatic rings. The molecule has 0 unspecified atom stereocenters. The smallest absolute Gasteiger partial charge is 0.300 e. The van der Waals surface area contributed by atoms with Gasteiger partial charge in [-0.3, -0.25) is 4.79 Å². The zero-order valence-corrected chi connectivity index (χ0v) is 13.4. The summed E-state index contributed by atoms with van der Waals surface area (Å²) in [6.07, 6.45) is 0. The molecule has 22 heavy (non-hydrogen) atoms. The minimum Gasteiger partial charge on any atom is -0.481 e. The second kappa shape index (κ2) is 18.3. The lowest BCUT2D eigenvalue weighted by Gasteiger charge is -2.10. The van der Waals surface area contributed by atoms with Crippen molar-refractivity contribution in [2.24, 2.45) is 0 Å². The van der Waals surface area contributed by atoms with E-state index < -0.39 is 5.97 Å². The summed E-state index contributed by atoms with van der Waals surface area (Å²) in [7, 11) is 0. The zero-order valence-electron chi connectivity index (χ0n) is 13.4. The van der Waals surface area contributed by atoms with Gasteiger partial charge >= 0.3 is 0 Å². The van der Waals surface area contributed by atoms with Crippen LogP contribution in [0.1, 0.15) is 6.92 Å². The molecule has 132 valence electrons. The molecule has 1 aliphatic rings. The standard InChI is InChI=1S/C12H25NO5.C2H4O2/c1-3-14-5-7-16-9-11-18-12-10-17-8-6-15-4-2-13-1;1-2(3)4/h13H,1-12H2;1H3,(H,3,4). The summed E-state index contributed by atoms with van der Waals surface area (Å²) in [5.41, 5.74) is 0. The van der Waals surface area contributed by atoms with E-state index in [0.29, 0.717) is 66.1 Å². The van der Waals surface area contributed by atoms with Gasteiger partial charge in [0, 0.05) is 20.0 Å². The van der Waals surface area contributed by atoms with E-state index in [1.807, 2.05) is 0 Å². The lowest BCUT2D eigenvalue weighted by atomic mass is 10.6. The lowest BCUT2D eigenvalue weighted by Crippen LogP contribution is -2.25. The Hall–Kier alpha value is -0.770. The summed E-state index contributed by atoms with van der Waals surface area (Å²) in [6, 6.07) is 0. The van der Waals surface area contributed by atoms with Gasteiger partial charge < -0.3 is 34.1 Å². The van der Waals surface area contributed by atoms with Crippen molar-refractivity contribution in [1.29, 1.82) is 0 Å². The van der Waals surface area contributed by atoms with Gasteiger partial charge in [0.05, 0.1) is 66.1 Å². The molecule has 1 heterocycles. The van der Waals surface area contributed by atoms with Crippen molar-refractivity contribution in [3.8, 4) is 0 Å². The Morgan fingerprint density at radius 3 is 1.18 bits per heavy atom. The number of nitrogens with one attached hydrogen (secondary N) is 1. The van der Waals surface area contributed by atoms with Crippen molar-refractivity contribution in [2.75, 3.05) is 79.2 Å². The monoisotopic (exact) mass is 323 g/mol. The number of carboxylic acid groups (broad SMARTS) is 1. The van der Waals surface area contributed by atoms with Crippen LogP contribution in [0, 0.1) is 0 Å². The van der Waals surface area contributed by atoms with Gasteiger partial charge in [0.15, 0.2) is 0 Å². The largest absolute Gasteiger partial charge is 0.481 e. The van der Waals surface area contributed by atoms with Crippen molar-refractivity contribution >= 4 is 5.97 Å². The lowest BCUT2D eigenvalue weighted by molar-refractivity contribution is -0.134. The van der Waals surface area contributed by atoms with Gasteiger partial charge in [0.25, 0.3) is 5.97 Å². The van der Waals surface area contributed by atoms with Crippen LogP contribution in [0.15, 0.2) is 0 Å². The van der Waals surface area contributed by atoms with Gasteiger partial charge in [-0.2, -0.15) is 0 Å². The highest BCUT2D eigenvalue weighted by Crippen LogP contribution is 1.84. The Morgan fingerprint density at radius 1 is 0.682 bits per heavy atom.